The number of carbonyl (C=O) groups is 2. The summed E-state index contributed by atoms with van der Waals surface area (Å²) >= 11 is 0. The van der Waals surface area contributed by atoms with Crippen LogP contribution < -0.4 is 10.6 Å². The lowest BCUT2D eigenvalue weighted by atomic mass is 10.1. The zero-order valence-electron chi connectivity index (χ0n) is 11.6. The number of carboxylic acid groups (broad SMARTS) is 1. The summed E-state index contributed by atoms with van der Waals surface area (Å²) in [5.74, 6) is -1.46. The Morgan fingerprint density at radius 1 is 1.33 bits per heavy atom. The van der Waals surface area contributed by atoms with Gasteiger partial charge in [-0.15, -0.1) is 0 Å². The first kappa shape index (κ1) is 16.4. The molecule has 0 bridgehead atoms. The van der Waals surface area contributed by atoms with Crippen LogP contribution in [0.2, 0.25) is 0 Å². The third-order valence-electron chi connectivity index (χ3n) is 2.68. The average molecular weight is 295 g/mol. The minimum atomic E-state index is -1.35. The van der Waals surface area contributed by atoms with Crippen LogP contribution in [0.3, 0.4) is 0 Å². The first-order chi connectivity index (χ1) is 9.95. The molecule has 1 rings (SSSR count). The van der Waals surface area contributed by atoms with Crippen LogP contribution in [0.1, 0.15) is 30.1 Å². The van der Waals surface area contributed by atoms with Crippen LogP contribution >= 0.6 is 0 Å². The largest absolute Gasteiger partial charge is 0.477 e. The molecule has 8 nitrogen and oxygen atoms in total. The molecule has 1 aromatic rings. The summed E-state index contributed by atoms with van der Waals surface area (Å²) in [4.78, 5) is 32.3. The number of rotatable bonds is 8. The van der Waals surface area contributed by atoms with Crippen molar-refractivity contribution >= 4 is 23.3 Å². The van der Waals surface area contributed by atoms with E-state index in [1.807, 2.05) is 6.92 Å². The molecule has 0 aromatic heterocycles. The number of carbonyl (C=O) groups excluding carboxylic acids is 1. The molecular weight excluding hydrogens is 278 g/mol. The van der Waals surface area contributed by atoms with E-state index in [1.54, 1.807) is 0 Å². The smallest absolute Gasteiger partial charge is 0.342 e. The normalized spacial score (nSPS) is 9.95. The van der Waals surface area contributed by atoms with Gasteiger partial charge >= 0.3 is 5.97 Å². The molecule has 0 aliphatic carbocycles. The molecule has 0 aliphatic heterocycles. The number of carboxylic acids is 1. The van der Waals surface area contributed by atoms with E-state index in [4.69, 9.17) is 5.11 Å². The summed E-state index contributed by atoms with van der Waals surface area (Å²) in [5, 5.41) is 25.3. The van der Waals surface area contributed by atoms with E-state index in [0.29, 0.717) is 18.8 Å². The van der Waals surface area contributed by atoms with Crippen LogP contribution in [0.25, 0.3) is 0 Å². The quantitative estimate of drug-likeness (QED) is 0.495. The average Bonchev–Trinajstić information content (AvgIpc) is 2.44. The Labute approximate surface area is 121 Å². The van der Waals surface area contributed by atoms with Crippen molar-refractivity contribution in [1.82, 2.24) is 5.32 Å². The van der Waals surface area contributed by atoms with Crippen molar-refractivity contribution in [3.8, 4) is 0 Å². The van der Waals surface area contributed by atoms with Crippen molar-refractivity contribution in [2.24, 2.45) is 0 Å². The van der Waals surface area contributed by atoms with Crippen molar-refractivity contribution in [2.75, 3.05) is 18.4 Å². The third kappa shape index (κ3) is 5.09. The second-order valence-electron chi connectivity index (χ2n) is 4.32. The third-order valence-corrected chi connectivity index (χ3v) is 2.68. The number of nitro benzene ring substituents is 1. The molecule has 3 N–H and O–H groups in total. The lowest BCUT2D eigenvalue weighted by Gasteiger charge is -2.07. The predicted molar refractivity (Wildman–Crippen MR) is 76.5 cm³/mol. The first-order valence-corrected chi connectivity index (χ1v) is 6.48. The second-order valence-corrected chi connectivity index (χ2v) is 4.32. The van der Waals surface area contributed by atoms with E-state index in [-0.39, 0.29) is 17.9 Å². The van der Waals surface area contributed by atoms with Crippen molar-refractivity contribution in [2.45, 2.75) is 19.8 Å². The zero-order valence-corrected chi connectivity index (χ0v) is 11.6. The Balaban J connectivity index is 2.64. The maximum Gasteiger partial charge on any atom is 0.342 e. The standard InChI is InChI=1S/C13H17N3O5/c1-2-6-15-12(17)5-7-14-9-3-4-10(13(18)19)11(8-9)16(20)21/h3-4,8,14H,2,5-7H2,1H3,(H,15,17)(H,18,19). The van der Waals surface area contributed by atoms with E-state index in [9.17, 15) is 19.7 Å². The number of nitrogens with one attached hydrogen (secondary N) is 2. The number of amides is 1. The van der Waals surface area contributed by atoms with Gasteiger partial charge in [-0.2, -0.15) is 0 Å². The Hall–Kier alpha value is -2.64. The summed E-state index contributed by atoms with van der Waals surface area (Å²) in [6, 6.07) is 3.74. The Bertz CT molecular complexity index is 545. The van der Waals surface area contributed by atoms with Gasteiger partial charge in [0.15, 0.2) is 0 Å². The van der Waals surface area contributed by atoms with Crippen LogP contribution in [-0.2, 0) is 4.79 Å². The van der Waals surface area contributed by atoms with Crippen molar-refractivity contribution in [3.63, 3.8) is 0 Å². The molecule has 0 unspecified atom stereocenters. The van der Waals surface area contributed by atoms with Crippen LogP contribution in [0.5, 0.6) is 0 Å². The minimum absolute atomic E-state index is 0.110. The van der Waals surface area contributed by atoms with Gasteiger partial charge in [0, 0.05) is 31.3 Å². The highest BCUT2D eigenvalue weighted by Crippen LogP contribution is 2.23. The van der Waals surface area contributed by atoms with Gasteiger partial charge in [0.1, 0.15) is 5.56 Å². The predicted octanol–water partition coefficient (Wildman–Crippen LogP) is 1.62. The van der Waals surface area contributed by atoms with E-state index < -0.39 is 16.6 Å². The molecule has 21 heavy (non-hydrogen) atoms. The van der Waals surface area contributed by atoms with Crippen LogP contribution in [-0.4, -0.2) is 35.0 Å². The lowest BCUT2D eigenvalue weighted by Crippen LogP contribution is -2.25. The van der Waals surface area contributed by atoms with Gasteiger partial charge in [-0.3, -0.25) is 14.9 Å². The number of hydrogen-bond acceptors (Lipinski definition) is 5. The molecular formula is C13H17N3O5. The highest BCUT2D eigenvalue weighted by atomic mass is 16.6. The van der Waals surface area contributed by atoms with Crippen molar-refractivity contribution < 1.29 is 19.6 Å². The summed E-state index contributed by atoms with van der Waals surface area (Å²) in [7, 11) is 0. The molecule has 0 spiro atoms. The summed E-state index contributed by atoms with van der Waals surface area (Å²) in [5.41, 5.74) is -0.454. The maximum absolute atomic E-state index is 11.4. The first-order valence-electron chi connectivity index (χ1n) is 6.48. The molecule has 1 amide bonds. The van der Waals surface area contributed by atoms with Gasteiger partial charge in [0.25, 0.3) is 5.69 Å². The second kappa shape index (κ2) is 7.83. The minimum Gasteiger partial charge on any atom is -0.477 e. The molecule has 0 heterocycles. The monoisotopic (exact) mass is 295 g/mol. The van der Waals surface area contributed by atoms with E-state index >= 15 is 0 Å². The summed E-state index contributed by atoms with van der Waals surface area (Å²) in [6.07, 6.45) is 1.08. The van der Waals surface area contributed by atoms with Crippen molar-refractivity contribution in [1.29, 1.82) is 0 Å². The fraction of sp³-hybridized carbons (Fsp3) is 0.385. The molecule has 114 valence electrons. The van der Waals surface area contributed by atoms with Crippen LogP contribution in [0.4, 0.5) is 11.4 Å². The Kier molecular flexibility index (Phi) is 6.12. The van der Waals surface area contributed by atoms with E-state index in [2.05, 4.69) is 10.6 Å². The number of benzene rings is 1. The van der Waals surface area contributed by atoms with Gasteiger partial charge in [-0.05, 0) is 18.6 Å². The maximum atomic E-state index is 11.4. The fourth-order valence-electron chi connectivity index (χ4n) is 1.65. The SMILES string of the molecule is CCCNC(=O)CCNc1ccc(C(=O)O)c([N+](=O)[O-])c1. The Morgan fingerprint density at radius 2 is 2.05 bits per heavy atom. The van der Waals surface area contributed by atoms with Gasteiger partial charge in [0.05, 0.1) is 4.92 Å². The van der Waals surface area contributed by atoms with Gasteiger partial charge < -0.3 is 15.7 Å². The van der Waals surface area contributed by atoms with E-state index in [1.165, 1.54) is 12.1 Å². The Morgan fingerprint density at radius 3 is 2.62 bits per heavy atom. The highest BCUT2D eigenvalue weighted by molar-refractivity contribution is 5.93. The van der Waals surface area contributed by atoms with Gasteiger partial charge in [-0.25, -0.2) is 4.79 Å². The molecule has 0 fully saturated rings. The van der Waals surface area contributed by atoms with Gasteiger partial charge in [0.2, 0.25) is 5.91 Å². The zero-order chi connectivity index (χ0) is 15.8. The van der Waals surface area contributed by atoms with Crippen molar-refractivity contribution in [3.05, 3.63) is 33.9 Å². The topological polar surface area (TPSA) is 122 Å². The molecule has 0 saturated heterocycles. The number of nitrogens with zero attached hydrogens (tertiary/aromatic N) is 1. The molecule has 8 heteroatoms. The van der Waals surface area contributed by atoms with Crippen LogP contribution in [0, 0.1) is 10.1 Å². The summed E-state index contributed by atoms with van der Waals surface area (Å²) < 4.78 is 0. The lowest BCUT2D eigenvalue weighted by molar-refractivity contribution is -0.385. The molecule has 1 aromatic carbocycles. The molecule has 0 saturated carbocycles. The van der Waals surface area contributed by atoms with Crippen LogP contribution in [0.15, 0.2) is 18.2 Å². The molecule has 0 radical (unpaired) electrons. The number of anilines is 1. The van der Waals surface area contributed by atoms with E-state index in [0.717, 1.165) is 12.5 Å². The molecule has 0 atom stereocenters. The number of nitro groups is 1. The molecule has 0 aliphatic rings. The fourth-order valence-corrected chi connectivity index (χ4v) is 1.65. The highest BCUT2D eigenvalue weighted by Gasteiger charge is 2.19. The van der Waals surface area contributed by atoms with Gasteiger partial charge in [-0.1, -0.05) is 6.92 Å². The number of aromatic carboxylic acids is 1. The number of hydrogen-bond donors (Lipinski definition) is 3. The summed E-state index contributed by atoms with van der Waals surface area (Å²) in [6.45, 7) is 2.86.